The fraction of sp³-hybridized carbons (Fsp3) is 0. The molecule has 1 heterocycles. The molecule has 3 aromatic rings. The molecule has 3 nitrogen and oxygen atoms in total. The number of fused-ring (bicyclic) bond motifs is 1. The summed E-state index contributed by atoms with van der Waals surface area (Å²) in [4.78, 5) is 0. The third-order valence-electron chi connectivity index (χ3n) is 2.82. The summed E-state index contributed by atoms with van der Waals surface area (Å²) in [6.07, 6.45) is 0. The van der Waals surface area contributed by atoms with Gasteiger partial charge in [0, 0.05) is 16.5 Å². The molecule has 1 aromatic heterocycles. The second-order valence-corrected chi connectivity index (χ2v) is 5.35. The SMILES string of the molecule is Fc1ccc(Nc2nnc(Cl)c3ccccc23)cc1Br. The summed E-state index contributed by atoms with van der Waals surface area (Å²) in [6.45, 7) is 0. The summed E-state index contributed by atoms with van der Waals surface area (Å²) in [5.41, 5.74) is 0.708. The minimum Gasteiger partial charge on any atom is -0.338 e. The highest BCUT2D eigenvalue weighted by Crippen LogP contribution is 2.29. The molecule has 0 aliphatic carbocycles. The second kappa shape index (κ2) is 5.34. The Kier molecular flexibility index (Phi) is 3.54. The molecule has 0 radical (unpaired) electrons. The number of halogens is 3. The number of hydrogen-bond donors (Lipinski definition) is 1. The van der Waals surface area contributed by atoms with Crippen LogP contribution in [0.2, 0.25) is 5.15 Å². The van der Waals surface area contributed by atoms with Gasteiger partial charge in [0.15, 0.2) is 11.0 Å². The Morgan fingerprint density at radius 1 is 1.05 bits per heavy atom. The zero-order valence-electron chi connectivity index (χ0n) is 10.1. The van der Waals surface area contributed by atoms with Crippen LogP contribution in [0, 0.1) is 5.82 Å². The third-order valence-corrected chi connectivity index (χ3v) is 3.71. The van der Waals surface area contributed by atoms with Crippen molar-refractivity contribution < 1.29 is 4.39 Å². The maximum absolute atomic E-state index is 13.2. The number of rotatable bonds is 2. The van der Waals surface area contributed by atoms with Crippen LogP contribution in [-0.4, -0.2) is 10.2 Å². The molecule has 0 bridgehead atoms. The summed E-state index contributed by atoms with van der Waals surface area (Å²) in [6, 6.07) is 12.2. The van der Waals surface area contributed by atoms with Gasteiger partial charge in [-0.05, 0) is 34.1 Å². The minimum absolute atomic E-state index is 0.317. The van der Waals surface area contributed by atoms with Crippen LogP contribution >= 0.6 is 27.5 Å². The van der Waals surface area contributed by atoms with Crippen molar-refractivity contribution in [1.29, 1.82) is 0 Å². The van der Waals surface area contributed by atoms with Crippen LogP contribution in [0.4, 0.5) is 15.9 Å². The monoisotopic (exact) mass is 351 g/mol. The van der Waals surface area contributed by atoms with Crippen molar-refractivity contribution in [3.05, 3.63) is 57.9 Å². The van der Waals surface area contributed by atoms with E-state index >= 15 is 0 Å². The van der Waals surface area contributed by atoms with E-state index in [9.17, 15) is 4.39 Å². The smallest absolute Gasteiger partial charge is 0.161 e. The standard InChI is InChI=1S/C14H8BrClFN3/c15-11-7-8(5-6-12(11)17)18-14-10-4-2-1-3-9(10)13(16)19-20-14/h1-7H,(H,18,20). The van der Waals surface area contributed by atoms with Gasteiger partial charge in [0.2, 0.25) is 0 Å². The zero-order valence-corrected chi connectivity index (χ0v) is 12.4. The van der Waals surface area contributed by atoms with Gasteiger partial charge in [-0.2, -0.15) is 0 Å². The maximum Gasteiger partial charge on any atom is 0.161 e. The van der Waals surface area contributed by atoms with Crippen LogP contribution in [0.5, 0.6) is 0 Å². The summed E-state index contributed by atoms with van der Waals surface area (Å²) in [5.74, 6) is 0.256. The summed E-state index contributed by atoms with van der Waals surface area (Å²) < 4.78 is 13.6. The van der Waals surface area contributed by atoms with E-state index in [2.05, 4.69) is 31.4 Å². The lowest BCUT2D eigenvalue weighted by Crippen LogP contribution is -1.97. The normalized spacial score (nSPS) is 10.8. The first-order valence-corrected chi connectivity index (χ1v) is 6.95. The molecule has 3 rings (SSSR count). The maximum atomic E-state index is 13.2. The Labute approximate surface area is 127 Å². The number of aromatic nitrogens is 2. The van der Waals surface area contributed by atoms with Gasteiger partial charge >= 0.3 is 0 Å². The lowest BCUT2D eigenvalue weighted by molar-refractivity contribution is 0.621. The Bertz CT molecular complexity index is 794. The molecular weight excluding hydrogens is 345 g/mol. The van der Waals surface area contributed by atoms with Gasteiger partial charge in [0.25, 0.3) is 0 Å². The van der Waals surface area contributed by atoms with Crippen molar-refractivity contribution in [2.24, 2.45) is 0 Å². The molecule has 0 saturated carbocycles. The van der Waals surface area contributed by atoms with Crippen LogP contribution < -0.4 is 5.32 Å². The van der Waals surface area contributed by atoms with E-state index in [-0.39, 0.29) is 5.82 Å². The zero-order chi connectivity index (χ0) is 14.1. The lowest BCUT2D eigenvalue weighted by Gasteiger charge is -2.09. The fourth-order valence-corrected chi connectivity index (χ4v) is 2.46. The van der Waals surface area contributed by atoms with E-state index in [1.165, 1.54) is 6.07 Å². The molecule has 2 aromatic carbocycles. The van der Waals surface area contributed by atoms with Gasteiger partial charge in [-0.3, -0.25) is 0 Å². The molecule has 0 fully saturated rings. The molecule has 100 valence electrons. The molecule has 0 saturated heterocycles. The van der Waals surface area contributed by atoms with Gasteiger partial charge in [0.1, 0.15) is 5.82 Å². The van der Waals surface area contributed by atoms with Crippen LogP contribution in [-0.2, 0) is 0 Å². The minimum atomic E-state index is -0.317. The highest BCUT2D eigenvalue weighted by atomic mass is 79.9. The molecule has 0 spiro atoms. The molecule has 0 aliphatic rings. The largest absolute Gasteiger partial charge is 0.338 e. The van der Waals surface area contributed by atoms with Crippen molar-refractivity contribution in [3.63, 3.8) is 0 Å². The second-order valence-electron chi connectivity index (χ2n) is 4.14. The Balaban J connectivity index is 2.06. The predicted octanol–water partition coefficient (Wildman–Crippen LogP) is 4.93. The first kappa shape index (κ1) is 13.3. The number of nitrogens with one attached hydrogen (secondary N) is 1. The van der Waals surface area contributed by atoms with Crippen molar-refractivity contribution in [2.45, 2.75) is 0 Å². The third kappa shape index (κ3) is 2.46. The van der Waals surface area contributed by atoms with Gasteiger partial charge in [-0.15, -0.1) is 10.2 Å². The predicted molar refractivity (Wildman–Crippen MR) is 81.9 cm³/mol. The van der Waals surface area contributed by atoms with Gasteiger partial charge < -0.3 is 5.32 Å². The molecule has 0 aliphatic heterocycles. The molecular formula is C14H8BrClFN3. The van der Waals surface area contributed by atoms with Crippen LogP contribution in [0.25, 0.3) is 10.8 Å². The van der Waals surface area contributed by atoms with Crippen molar-refractivity contribution >= 4 is 49.8 Å². The Morgan fingerprint density at radius 2 is 1.80 bits per heavy atom. The molecule has 0 atom stereocenters. The van der Waals surface area contributed by atoms with Crippen LogP contribution in [0.1, 0.15) is 0 Å². The van der Waals surface area contributed by atoms with E-state index in [0.717, 1.165) is 10.8 Å². The van der Waals surface area contributed by atoms with Gasteiger partial charge in [-0.25, -0.2) is 4.39 Å². The lowest BCUT2D eigenvalue weighted by atomic mass is 10.2. The van der Waals surface area contributed by atoms with E-state index in [1.807, 2.05) is 24.3 Å². The number of anilines is 2. The van der Waals surface area contributed by atoms with E-state index < -0.39 is 0 Å². The molecule has 20 heavy (non-hydrogen) atoms. The van der Waals surface area contributed by atoms with Gasteiger partial charge in [0.05, 0.1) is 4.47 Å². The van der Waals surface area contributed by atoms with E-state index in [1.54, 1.807) is 12.1 Å². The molecule has 6 heteroatoms. The Morgan fingerprint density at radius 3 is 2.55 bits per heavy atom. The topological polar surface area (TPSA) is 37.8 Å². The van der Waals surface area contributed by atoms with Crippen molar-refractivity contribution in [2.75, 3.05) is 5.32 Å². The average Bonchev–Trinajstić information content (AvgIpc) is 2.46. The summed E-state index contributed by atoms with van der Waals surface area (Å²) in [5, 5.41) is 13.1. The van der Waals surface area contributed by atoms with Crippen LogP contribution in [0.15, 0.2) is 46.9 Å². The molecule has 0 amide bonds. The highest BCUT2D eigenvalue weighted by molar-refractivity contribution is 9.10. The number of nitrogens with zero attached hydrogens (tertiary/aromatic N) is 2. The quantitative estimate of drug-likeness (QED) is 0.711. The number of benzene rings is 2. The fourth-order valence-electron chi connectivity index (χ4n) is 1.87. The summed E-state index contributed by atoms with van der Waals surface area (Å²) in [7, 11) is 0. The molecule has 0 unspecified atom stereocenters. The van der Waals surface area contributed by atoms with E-state index in [0.29, 0.717) is 21.1 Å². The first-order valence-electron chi connectivity index (χ1n) is 5.78. The first-order chi connectivity index (χ1) is 9.65. The average molecular weight is 353 g/mol. The van der Waals surface area contributed by atoms with Crippen molar-refractivity contribution in [1.82, 2.24) is 10.2 Å². The molecule has 1 N–H and O–H groups in total. The van der Waals surface area contributed by atoms with Crippen LogP contribution in [0.3, 0.4) is 0 Å². The van der Waals surface area contributed by atoms with E-state index in [4.69, 9.17) is 11.6 Å². The Hall–Kier alpha value is -1.72. The van der Waals surface area contributed by atoms with Gasteiger partial charge in [-0.1, -0.05) is 35.9 Å². The highest BCUT2D eigenvalue weighted by Gasteiger charge is 2.08. The number of hydrogen-bond acceptors (Lipinski definition) is 3. The van der Waals surface area contributed by atoms with Crippen molar-refractivity contribution in [3.8, 4) is 0 Å². The summed E-state index contributed by atoms with van der Waals surface area (Å²) >= 11 is 9.17.